The van der Waals surface area contributed by atoms with E-state index in [9.17, 15) is 4.79 Å². The van der Waals surface area contributed by atoms with E-state index in [0.717, 1.165) is 28.2 Å². The van der Waals surface area contributed by atoms with Gasteiger partial charge in [-0.2, -0.15) is 0 Å². The Labute approximate surface area is 192 Å². The van der Waals surface area contributed by atoms with Crippen molar-refractivity contribution in [2.75, 3.05) is 4.90 Å². The molecule has 0 N–H and O–H groups in total. The van der Waals surface area contributed by atoms with Crippen LogP contribution < -0.4 is 4.90 Å². The van der Waals surface area contributed by atoms with Gasteiger partial charge in [0, 0.05) is 17.0 Å². The van der Waals surface area contributed by atoms with Crippen molar-refractivity contribution in [1.29, 1.82) is 0 Å². The number of carbonyl (C=O) groups excluding carboxylic acids is 1. The standard InChI is InChI=1S/C28H21ClN2O/c29-23-15-9-14-22(18-23)28(32)31-26-17-8-7-16-24(26)30-25(20-10-3-1-4-11-20)19-27(31)21-12-5-2-6-13-21/h1-18,27H,19H2/t27-/m0/s1. The number of carbonyl (C=O) groups is 1. The second-order valence-corrected chi connectivity index (χ2v) is 8.17. The molecule has 0 saturated carbocycles. The average Bonchev–Trinajstić information content (AvgIpc) is 3.02. The zero-order chi connectivity index (χ0) is 21.9. The summed E-state index contributed by atoms with van der Waals surface area (Å²) in [6.07, 6.45) is 0.592. The summed E-state index contributed by atoms with van der Waals surface area (Å²) in [4.78, 5) is 20.8. The van der Waals surface area contributed by atoms with Gasteiger partial charge < -0.3 is 0 Å². The topological polar surface area (TPSA) is 32.7 Å². The smallest absolute Gasteiger partial charge is 0.258 e. The number of aliphatic imine (C=N–C) groups is 1. The molecule has 4 aromatic rings. The molecule has 1 amide bonds. The first-order valence-electron chi connectivity index (χ1n) is 10.6. The van der Waals surface area contributed by atoms with E-state index in [1.807, 2.05) is 77.7 Å². The molecule has 0 aromatic heterocycles. The summed E-state index contributed by atoms with van der Waals surface area (Å²) in [6, 6.07) is 35.0. The average molecular weight is 437 g/mol. The zero-order valence-electron chi connectivity index (χ0n) is 17.4. The van der Waals surface area contributed by atoms with Crippen molar-refractivity contribution in [3.05, 3.63) is 131 Å². The third kappa shape index (κ3) is 3.95. The van der Waals surface area contributed by atoms with Crippen LogP contribution in [0.3, 0.4) is 0 Å². The van der Waals surface area contributed by atoms with Crippen molar-refractivity contribution in [3.8, 4) is 0 Å². The Morgan fingerprint density at radius 2 is 1.50 bits per heavy atom. The van der Waals surface area contributed by atoms with Crippen molar-refractivity contribution >= 4 is 34.6 Å². The number of hydrogen-bond acceptors (Lipinski definition) is 2. The van der Waals surface area contributed by atoms with Crippen LogP contribution >= 0.6 is 11.6 Å². The number of benzene rings is 4. The summed E-state index contributed by atoms with van der Waals surface area (Å²) in [5, 5.41) is 0.538. The first-order valence-corrected chi connectivity index (χ1v) is 10.9. The molecule has 1 aliphatic heterocycles. The highest BCUT2D eigenvalue weighted by molar-refractivity contribution is 6.31. The molecule has 0 radical (unpaired) electrons. The number of amides is 1. The maximum atomic E-state index is 13.9. The van der Waals surface area contributed by atoms with Gasteiger partial charge in [0.1, 0.15) is 0 Å². The highest BCUT2D eigenvalue weighted by Crippen LogP contribution is 2.41. The molecule has 32 heavy (non-hydrogen) atoms. The predicted molar refractivity (Wildman–Crippen MR) is 131 cm³/mol. The fourth-order valence-electron chi connectivity index (χ4n) is 4.16. The molecule has 0 aliphatic carbocycles. The summed E-state index contributed by atoms with van der Waals surface area (Å²) in [5.41, 5.74) is 5.19. The lowest BCUT2D eigenvalue weighted by atomic mass is 9.95. The molecule has 5 rings (SSSR count). The first-order chi connectivity index (χ1) is 15.7. The molecule has 1 aliphatic rings. The van der Waals surface area contributed by atoms with E-state index in [2.05, 4.69) is 24.3 Å². The molecule has 1 heterocycles. The molecule has 156 valence electrons. The van der Waals surface area contributed by atoms with Gasteiger partial charge in [-0.3, -0.25) is 14.7 Å². The van der Waals surface area contributed by atoms with Gasteiger partial charge in [-0.25, -0.2) is 0 Å². The Morgan fingerprint density at radius 1 is 0.812 bits per heavy atom. The number of halogens is 1. The van der Waals surface area contributed by atoms with Crippen molar-refractivity contribution in [2.45, 2.75) is 12.5 Å². The van der Waals surface area contributed by atoms with Crippen LogP contribution in [0.1, 0.15) is 33.9 Å². The number of nitrogens with zero attached hydrogens (tertiary/aromatic N) is 2. The van der Waals surface area contributed by atoms with Crippen LogP contribution in [0.2, 0.25) is 5.02 Å². The van der Waals surface area contributed by atoms with Crippen molar-refractivity contribution < 1.29 is 4.79 Å². The summed E-state index contributed by atoms with van der Waals surface area (Å²) in [7, 11) is 0. The Hall–Kier alpha value is -3.69. The third-order valence-corrected chi connectivity index (χ3v) is 5.91. The van der Waals surface area contributed by atoms with Crippen LogP contribution in [0, 0.1) is 0 Å². The van der Waals surface area contributed by atoms with Gasteiger partial charge >= 0.3 is 0 Å². The summed E-state index contributed by atoms with van der Waals surface area (Å²) >= 11 is 6.22. The van der Waals surface area contributed by atoms with Crippen LogP contribution in [0.25, 0.3) is 0 Å². The molecular formula is C28H21ClN2O. The van der Waals surface area contributed by atoms with E-state index >= 15 is 0 Å². The van der Waals surface area contributed by atoms with Gasteiger partial charge in [0.15, 0.2) is 0 Å². The highest BCUT2D eigenvalue weighted by Gasteiger charge is 2.33. The first kappa shape index (κ1) is 20.2. The van der Waals surface area contributed by atoms with Crippen molar-refractivity contribution in [3.63, 3.8) is 0 Å². The minimum Gasteiger partial charge on any atom is -0.298 e. The number of fused-ring (bicyclic) bond motifs is 1. The van der Waals surface area contributed by atoms with E-state index in [-0.39, 0.29) is 11.9 Å². The van der Waals surface area contributed by atoms with Gasteiger partial charge in [-0.15, -0.1) is 0 Å². The quantitative estimate of drug-likeness (QED) is 0.333. The Balaban J connectivity index is 1.70. The van der Waals surface area contributed by atoms with Gasteiger partial charge in [-0.05, 0) is 41.5 Å². The number of anilines is 1. The number of hydrogen-bond donors (Lipinski definition) is 0. The largest absolute Gasteiger partial charge is 0.298 e. The second kappa shape index (κ2) is 8.81. The lowest BCUT2D eigenvalue weighted by Crippen LogP contribution is -2.35. The normalized spacial score (nSPS) is 15.5. The summed E-state index contributed by atoms with van der Waals surface area (Å²) in [5.74, 6) is -0.0988. The maximum Gasteiger partial charge on any atom is 0.258 e. The van der Waals surface area contributed by atoms with Gasteiger partial charge in [0.2, 0.25) is 0 Å². The van der Waals surface area contributed by atoms with Crippen LogP contribution in [-0.4, -0.2) is 11.6 Å². The van der Waals surface area contributed by atoms with Gasteiger partial charge in [0.25, 0.3) is 5.91 Å². The molecule has 4 heteroatoms. The van der Waals surface area contributed by atoms with E-state index in [1.54, 1.807) is 12.1 Å². The number of para-hydroxylation sites is 2. The lowest BCUT2D eigenvalue weighted by molar-refractivity contribution is 0.0977. The molecule has 1 atom stereocenters. The zero-order valence-corrected chi connectivity index (χ0v) is 18.1. The van der Waals surface area contributed by atoms with Gasteiger partial charge in [0.05, 0.1) is 23.1 Å². The third-order valence-electron chi connectivity index (χ3n) is 5.68. The Bertz CT molecular complexity index is 1290. The molecule has 0 fully saturated rings. The van der Waals surface area contributed by atoms with Crippen LogP contribution in [0.4, 0.5) is 11.4 Å². The van der Waals surface area contributed by atoms with E-state index in [0.29, 0.717) is 17.0 Å². The minimum atomic E-state index is -0.217. The maximum absolute atomic E-state index is 13.9. The Morgan fingerprint density at radius 3 is 2.25 bits per heavy atom. The van der Waals surface area contributed by atoms with E-state index < -0.39 is 0 Å². The second-order valence-electron chi connectivity index (χ2n) is 7.73. The van der Waals surface area contributed by atoms with E-state index in [1.165, 1.54) is 0 Å². The van der Waals surface area contributed by atoms with Crippen LogP contribution in [0.15, 0.2) is 114 Å². The predicted octanol–water partition coefficient (Wildman–Crippen LogP) is 7.25. The SMILES string of the molecule is O=C(c1cccc(Cl)c1)N1c2ccccc2N=C(c2ccccc2)C[C@H]1c1ccccc1. The number of rotatable bonds is 3. The molecule has 0 unspecified atom stereocenters. The monoisotopic (exact) mass is 436 g/mol. The minimum absolute atomic E-state index is 0.0988. The molecule has 4 aromatic carbocycles. The fraction of sp³-hybridized carbons (Fsp3) is 0.0714. The van der Waals surface area contributed by atoms with Crippen molar-refractivity contribution in [1.82, 2.24) is 0 Å². The molecule has 0 bridgehead atoms. The summed E-state index contributed by atoms with van der Waals surface area (Å²) in [6.45, 7) is 0. The van der Waals surface area contributed by atoms with Gasteiger partial charge in [-0.1, -0.05) is 90.5 Å². The van der Waals surface area contributed by atoms with E-state index in [4.69, 9.17) is 16.6 Å². The highest BCUT2D eigenvalue weighted by atomic mass is 35.5. The molecule has 0 spiro atoms. The molecular weight excluding hydrogens is 416 g/mol. The van der Waals surface area contributed by atoms with Crippen LogP contribution in [-0.2, 0) is 0 Å². The molecule has 3 nitrogen and oxygen atoms in total. The van der Waals surface area contributed by atoms with Crippen molar-refractivity contribution in [2.24, 2.45) is 4.99 Å². The summed E-state index contributed by atoms with van der Waals surface area (Å²) < 4.78 is 0. The van der Waals surface area contributed by atoms with Crippen LogP contribution in [0.5, 0.6) is 0 Å². The molecule has 0 saturated heterocycles. The lowest BCUT2D eigenvalue weighted by Gasteiger charge is -2.32. The Kier molecular flexibility index (Phi) is 5.57. The fourth-order valence-corrected chi connectivity index (χ4v) is 4.35.